The summed E-state index contributed by atoms with van der Waals surface area (Å²) in [6, 6.07) is 12.2. The Bertz CT molecular complexity index is 1180. The van der Waals surface area contributed by atoms with E-state index in [2.05, 4.69) is 38.1 Å². The van der Waals surface area contributed by atoms with Crippen molar-refractivity contribution in [2.45, 2.75) is 57.1 Å². The van der Waals surface area contributed by atoms with Gasteiger partial charge in [0.15, 0.2) is 5.78 Å². The van der Waals surface area contributed by atoms with Gasteiger partial charge in [-0.15, -0.1) is 13.2 Å². The highest BCUT2D eigenvalue weighted by atomic mass is 19.4. The van der Waals surface area contributed by atoms with E-state index in [1.165, 1.54) is 12.1 Å². The van der Waals surface area contributed by atoms with E-state index in [0.29, 0.717) is 25.8 Å². The van der Waals surface area contributed by atoms with Gasteiger partial charge in [0, 0.05) is 42.2 Å². The Balaban J connectivity index is 1.51. The van der Waals surface area contributed by atoms with Gasteiger partial charge in [0.25, 0.3) is 0 Å². The number of ketones is 1. The number of piperidine rings is 1. The summed E-state index contributed by atoms with van der Waals surface area (Å²) < 4.78 is 43.8. The summed E-state index contributed by atoms with van der Waals surface area (Å²) in [6.45, 7) is 2.99. The van der Waals surface area contributed by atoms with Crippen molar-refractivity contribution in [2.75, 3.05) is 20.1 Å². The van der Waals surface area contributed by atoms with Gasteiger partial charge in [-0.05, 0) is 81.2 Å². The van der Waals surface area contributed by atoms with Gasteiger partial charge in [-0.3, -0.25) is 4.79 Å². The molecular weight excluding hydrogens is 469 g/mol. The number of ether oxygens (including phenoxy) is 1. The van der Waals surface area contributed by atoms with Crippen LogP contribution in [0.1, 0.15) is 37.7 Å². The van der Waals surface area contributed by atoms with Crippen molar-refractivity contribution in [2.24, 2.45) is 5.73 Å². The third-order valence-corrected chi connectivity index (χ3v) is 6.83. The number of aryl methyl sites for hydroxylation is 1. The molecule has 0 bridgehead atoms. The Morgan fingerprint density at radius 3 is 2.53 bits per heavy atom. The van der Waals surface area contributed by atoms with E-state index in [4.69, 9.17) is 5.73 Å². The fourth-order valence-electron chi connectivity index (χ4n) is 4.88. The van der Waals surface area contributed by atoms with Crippen LogP contribution in [0.25, 0.3) is 22.0 Å². The Hall–Kier alpha value is -2.88. The lowest BCUT2D eigenvalue weighted by molar-refractivity contribution is -0.274. The standard InChI is InChI=1S/C27H33F3N4O2/c1-32-17-19-5-10-24-22(16-19)23(20-6-8-21(9-7-20)36-27(28,29)30)18-34(24)15-3-2-4-25(35)26(31)11-13-33-14-12-26/h5-10,16,18,32-33H,2-4,11-15,17,31H2,1H3. The predicted molar refractivity (Wildman–Crippen MR) is 135 cm³/mol. The van der Waals surface area contributed by atoms with E-state index in [0.717, 1.165) is 60.1 Å². The predicted octanol–water partition coefficient (Wildman–Crippen LogP) is 4.75. The summed E-state index contributed by atoms with van der Waals surface area (Å²) in [5.41, 5.74) is 9.55. The molecule has 0 saturated carbocycles. The maximum atomic E-state index is 12.7. The van der Waals surface area contributed by atoms with E-state index in [1.54, 1.807) is 12.1 Å². The fourth-order valence-corrected chi connectivity index (χ4v) is 4.88. The maximum Gasteiger partial charge on any atom is 0.573 e. The molecule has 1 saturated heterocycles. The number of aromatic nitrogens is 1. The lowest BCUT2D eigenvalue weighted by Gasteiger charge is -2.32. The van der Waals surface area contributed by atoms with Crippen LogP contribution in [0.2, 0.25) is 0 Å². The lowest BCUT2D eigenvalue weighted by atomic mass is 9.83. The van der Waals surface area contributed by atoms with Crippen LogP contribution in [-0.2, 0) is 17.9 Å². The number of benzene rings is 2. The molecule has 1 aliphatic heterocycles. The zero-order valence-electron chi connectivity index (χ0n) is 20.5. The Labute approximate surface area is 209 Å². The first kappa shape index (κ1) is 26.2. The average Bonchev–Trinajstić information content (AvgIpc) is 3.19. The first-order chi connectivity index (χ1) is 17.2. The van der Waals surface area contributed by atoms with E-state index < -0.39 is 11.9 Å². The molecule has 0 unspecified atom stereocenters. The summed E-state index contributed by atoms with van der Waals surface area (Å²) in [7, 11) is 1.88. The second kappa shape index (κ2) is 11.0. The van der Waals surface area contributed by atoms with E-state index in [9.17, 15) is 18.0 Å². The number of unbranched alkanes of at least 4 members (excludes halogenated alkanes) is 1. The molecule has 194 valence electrons. The van der Waals surface area contributed by atoms with E-state index in [1.807, 2.05) is 13.2 Å². The molecule has 3 aromatic rings. The molecule has 6 nitrogen and oxygen atoms in total. The third kappa shape index (κ3) is 6.27. The molecule has 0 atom stereocenters. The van der Waals surface area contributed by atoms with Crippen molar-refractivity contribution in [3.05, 3.63) is 54.2 Å². The number of alkyl halides is 3. The van der Waals surface area contributed by atoms with Crippen LogP contribution in [0.3, 0.4) is 0 Å². The molecule has 1 fully saturated rings. The SMILES string of the molecule is CNCc1ccc2c(c1)c(-c1ccc(OC(F)(F)F)cc1)cn2CCCCC(=O)C1(N)CCNCC1. The first-order valence-electron chi connectivity index (χ1n) is 12.3. The van der Waals surface area contributed by atoms with Crippen molar-refractivity contribution >= 4 is 16.7 Å². The minimum Gasteiger partial charge on any atom is -0.406 e. The molecule has 1 aromatic heterocycles. The molecule has 2 heterocycles. The zero-order chi connectivity index (χ0) is 25.8. The highest BCUT2D eigenvalue weighted by molar-refractivity contribution is 5.96. The fraction of sp³-hybridized carbons (Fsp3) is 0.444. The van der Waals surface area contributed by atoms with Crippen LogP contribution in [0, 0.1) is 0 Å². The van der Waals surface area contributed by atoms with Crippen molar-refractivity contribution in [3.63, 3.8) is 0 Å². The number of hydrogen-bond donors (Lipinski definition) is 3. The summed E-state index contributed by atoms with van der Waals surface area (Å²) in [5, 5.41) is 7.42. The number of nitrogens with one attached hydrogen (secondary N) is 2. The summed E-state index contributed by atoms with van der Waals surface area (Å²) in [6.07, 6.45) is 0.709. The molecule has 0 radical (unpaired) electrons. The highest BCUT2D eigenvalue weighted by Crippen LogP contribution is 2.34. The van der Waals surface area contributed by atoms with E-state index in [-0.39, 0.29) is 11.5 Å². The summed E-state index contributed by atoms with van der Waals surface area (Å²) in [4.78, 5) is 12.7. The van der Waals surface area contributed by atoms with Gasteiger partial charge >= 0.3 is 6.36 Å². The van der Waals surface area contributed by atoms with Crippen molar-refractivity contribution in [1.29, 1.82) is 0 Å². The Morgan fingerprint density at radius 2 is 1.86 bits per heavy atom. The molecule has 0 spiro atoms. The van der Waals surface area contributed by atoms with E-state index >= 15 is 0 Å². The smallest absolute Gasteiger partial charge is 0.406 e. The molecule has 0 amide bonds. The van der Waals surface area contributed by atoms with Gasteiger partial charge in [0.05, 0.1) is 5.54 Å². The zero-order valence-corrected chi connectivity index (χ0v) is 20.5. The quantitative estimate of drug-likeness (QED) is 0.349. The minimum absolute atomic E-state index is 0.139. The molecule has 36 heavy (non-hydrogen) atoms. The Kier molecular flexibility index (Phi) is 8.02. The molecule has 1 aliphatic rings. The number of carbonyl (C=O) groups is 1. The van der Waals surface area contributed by atoms with Crippen molar-refractivity contribution in [3.8, 4) is 16.9 Å². The molecule has 4 rings (SSSR count). The van der Waals surface area contributed by atoms with Gasteiger partial charge in [-0.25, -0.2) is 0 Å². The van der Waals surface area contributed by atoms with Crippen LogP contribution in [0.4, 0.5) is 13.2 Å². The topological polar surface area (TPSA) is 81.3 Å². The van der Waals surface area contributed by atoms with Crippen molar-refractivity contribution < 1.29 is 22.7 Å². The highest BCUT2D eigenvalue weighted by Gasteiger charge is 2.34. The molecule has 2 aromatic carbocycles. The maximum absolute atomic E-state index is 12.7. The van der Waals surface area contributed by atoms with Crippen LogP contribution < -0.4 is 21.1 Å². The molecule has 9 heteroatoms. The second-order valence-electron chi connectivity index (χ2n) is 9.48. The van der Waals surface area contributed by atoms with Gasteiger partial charge in [-0.1, -0.05) is 18.2 Å². The van der Waals surface area contributed by atoms with Gasteiger partial charge in [0.1, 0.15) is 5.75 Å². The normalized spacial score (nSPS) is 15.8. The van der Waals surface area contributed by atoms with Crippen molar-refractivity contribution in [1.82, 2.24) is 15.2 Å². The number of nitrogens with zero attached hydrogens (tertiary/aromatic N) is 1. The molecule has 4 N–H and O–H groups in total. The number of carbonyl (C=O) groups excluding carboxylic acids is 1. The third-order valence-electron chi connectivity index (χ3n) is 6.83. The number of Topliss-reactive ketones (excluding diaryl/α,β-unsaturated/α-hetero) is 1. The lowest BCUT2D eigenvalue weighted by Crippen LogP contribution is -2.54. The summed E-state index contributed by atoms with van der Waals surface area (Å²) in [5.74, 6) is -0.109. The number of fused-ring (bicyclic) bond motifs is 1. The van der Waals surface area contributed by atoms with Gasteiger partial charge in [0.2, 0.25) is 0 Å². The monoisotopic (exact) mass is 502 g/mol. The van der Waals surface area contributed by atoms with Crippen LogP contribution in [0.5, 0.6) is 5.75 Å². The van der Waals surface area contributed by atoms with Crippen LogP contribution in [0.15, 0.2) is 48.7 Å². The largest absolute Gasteiger partial charge is 0.573 e. The average molecular weight is 503 g/mol. The second-order valence-corrected chi connectivity index (χ2v) is 9.48. The number of nitrogens with two attached hydrogens (primary N) is 1. The number of halogens is 3. The van der Waals surface area contributed by atoms with Crippen LogP contribution in [-0.4, -0.2) is 42.4 Å². The number of rotatable bonds is 10. The minimum atomic E-state index is -4.72. The molecule has 0 aliphatic carbocycles. The summed E-state index contributed by atoms with van der Waals surface area (Å²) >= 11 is 0. The van der Waals surface area contributed by atoms with Crippen LogP contribution >= 0.6 is 0 Å². The molecular formula is C27H33F3N4O2. The first-order valence-corrected chi connectivity index (χ1v) is 12.3. The van der Waals surface area contributed by atoms with Gasteiger partial charge < -0.3 is 25.7 Å². The Morgan fingerprint density at radius 1 is 1.14 bits per heavy atom. The number of hydrogen-bond acceptors (Lipinski definition) is 5. The van der Waals surface area contributed by atoms with Gasteiger partial charge in [-0.2, -0.15) is 0 Å².